The van der Waals surface area contributed by atoms with E-state index >= 15 is 0 Å². The summed E-state index contributed by atoms with van der Waals surface area (Å²) in [7, 11) is -1.10. The minimum absolute atomic E-state index is 0.152. The van der Waals surface area contributed by atoms with Crippen LogP contribution >= 0.6 is 11.3 Å². The summed E-state index contributed by atoms with van der Waals surface area (Å²) in [6, 6.07) is 14.9. The van der Waals surface area contributed by atoms with E-state index in [1.54, 1.807) is 27.8 Å². The summed E-state index contributed by atoms with van der Waals surface area (Å²) in [5, 5.41) is 6.42. The van der Waals surface area contributed by atoms with Crippen LogP contribution in [0.4, 0.5) is 0 Å². The van der Waals surface area contributed by atoms with Gasteiger partial charge in [0, 0.05) is 27.9 Å². The zero-order chi connectivity index (χ0) is 26.3. The van der Waals surface area contributed by atoms with Gasteiger partial charge < -0.3 is 14.4 Å². The third kappa shape index (κ3) is 7.30. The predicted molar refractivity (Wildman–Crippen MR) is 139 cm³/mol. The molecule has 3 rings (SSSR count). The number of hydrogen-bond acceptors (Lipinski definition) is 7. The van der Waals surface area contributed by atoms with Crippen LogP contribution in [0.3, 0.4) is 0 Å². The Kier molecular flexibility index (Phi) is 9.08. The van der Waals surface area contributed by atoms with E-state index in [0.29, 0.717) is 28.5 Å². The molecule has 0 aliphatic rings. The van der Waals surface area contributed by atoms with E-state index in [1.165, 1.54) is 36.5 Å². The van der Waals surface area contributed by atoms with Crippen molar-refractivity contribution >= 4 is 33.4 Å². The van der Waals surface area contributed by atoms with Crippen molar-refractivity contribution in [3.8, 4) is 11.5 Å². The van der Waals surface area contributed by atoms with Crippen LogP contribution in [-0.2, 0) is 23.2 Å². The quantitative estimate of drug-likeness (QED) is 0.391. The molecule has 0 bridgehead atoms. The van der Waals surface area contributed by atoms with Crippen LogP contribution in [0.1, 0.15) is 43.1 Å². The van der Waals surface area contributed by atoms with Crippen molar-refractivity contribution in [3.05, 3.63) is 81.0 Å². The van der Waals surface area contributed by atoms with Crippen molar-refractivity contribution in [1.82, 2.24) is 9.62 Å². The number of nitrogens with one attached hydrogen (secondary N) is 1. The van der Waals surface area contributed by atoms with Gasteiger partial charge in [-0.15, -0.1) is 11.3 Å². The maximum Gasteiger partial charge on any atom is 0.298 e. The molecular weight excluding hydrogens is 502 g/mol. The van der Waals surface area contributed by atoms with Crippen LogP contribution < -0.4 is 19.3 Å². The number of carbonyl (C=O) groups is 2. The minimum atomic E-state index is -4.17. The molecule has 1 aromatic heterocycles. The molecule has 11 heteroatoms. The molecule has 0 aliphatic carbocycles. The number of benzene rings is 2. The fourth-order valence-electron chi connectivity index (χ4n) is 3.72. The predicted octanol–water partition coefficient (Wildman–Crippen LogP) is 3.28. The summed E-state index contributed by atoms with van der Waals surface area (Å²) in [6.07, 6.45) is 1.51. The molecule has 0 saturated heterocycles. The van der Waals surface area contributed by atoms with Gasteiger partial charge in [-0.1, -0.05) is 30.3 Å². The van der Waals surface area contributed by atoms with Gasteiger partial charge in [-0.2, -0.15) is 8.42 Å². The van der Waals surface area contributed by atoms with Crippen LogP contribution in [0.5, 0.6) is 11.5 Å². The summed E-state index contributed by atoms with van der Waals surface area (Å²) in [5.41, 5.74) is 2.52. The van der Waals surface area contributed by atoms with Crippen LogP contribution in [0.15, 0.2) is 53.9 Å². The number of carbonyl (C=O) groups excluding carboxylic acids is 2. The van der Waals surface area contributed by atoms with E-state index in [1.807, 2.05) is 37.3 Å². The highest BCUT2D eigenvalue weighted by atomic mass is 32.2. The summed E-state index contributed by atoms with van der Waals surface area (Å²) in [5.74, 6) is 0.0404. The molecule has 9 nitrogen and oxygen atoms in total. The number of ether oxygens (including phenoxy) is 2. The van der Waals surface area contributed by atoms with E-state index in [2.05, 4.69) is 0 Å². The average Bonchev–Trinajstić information content (AvgIpc) is 3.31. The van der Waals surface area contributed by atoms with Crippen molar-refractivity contribution in [3.63, 3.8) is 0 Å². The Balaban J connectivity index is 1.84. The highest BCUT2D eigenvalue weighted by molar-refractivity contribution is 7.87. The Bertz CT molecular complexity index is 1300. The number of nitrogens with two attached hydrogens (primary N) is 1. The van der Waals surface area contributed by atoms with Gasteiger partial charge >= 0.3 is 0 Å². The number of nitrogens with zero attached hydrogens (tertiary/aromatic N) is 1. The topological polar surface area (TPSA) is 128 Å². The number of hydrogen-bond donors (Lipinski definition) is 2. The molecule has 0 unspecified atom stereocenters. The Morgan fingerprint density at radius 2 is 1.67 bits per heavy atom. The lowest BCUT2D eigenvalue weighted by atomic mass is 10.1. The van der Waals surface area contributed by atoms with Crippen molar-refractivity contribution < 1.29 is 27.5 Å². The molecule has 3 aromatic rings. The average molecular weight is 532 g/mol. The van der Waals surface area contributed by atoms with E-state index in [-0.39, 0.29) is 18.0 Å². The SMILES string of the molecule is COc1cc(C(=O)N(CCCc2ccccc2)Cc2cc(C(=O)NS(N)(=O)=O)cs2)cc(OC)c1C. The van der Waals surface area contributed by atoms with E-state index in [4.69, 9.17) is 14.6 Å². The second-order valence-corrected chi connectivity index (χ2v) is 10.4. The van der Waals surface area contributed by atoms with Gasteiger partial charge in [0.05, 0.1) is 26.3 Å². The first-order valence-electron chi connectivity index (χ1n) is 11.1. The monoisotopic (exact) mass is 531 g/mol. The van der Waals surface area contributed by atoms with Crippen molar-refractivity contribution in [2.75, 3.05) is 20.8 Å². The van der Waals surface area contributed by atoms with Crippen molar-refractivity contribution in [2.24, 2.45) is 5.14 Å². The maximum absolute atomic E-state index is 13.6. The van der Waals surface area contributed by atoms with Gasteiger partial charge in [-0.05, 0) is 43.5 Å². The van der Waals surface area contributed by atoms with Crippen LogP contribution in [0.2, 0.25) is 0 Å². The Hall–Kier alpha value is -3.41. The van der Waals surface area contributed by atoms with E-state index < -0.39 is 16.1 Å². The molecule has 2 aromatic carbocycles. The summed E-state index contributed by atoms with van der Waals surface area (Å²) >= 11 is 1.25. The van der Waals surface area contributed by atoms with Gasteiger partial charge in [-0.25, -0.2) is 9.86 Å². The molecule has 0 atom stereocenters. The van der Waals surface area contributed by atoms with Gasteiger partial charge in [-0.3, -0.25) is 9.59 Å². The maximum atomic E-state index is 13.6. The van der Waals surface area contributed by atoms with Crippen molar-refractivity contribution in [1.29, 1.82) is 0 Å². The molecule has 0 saturated carbocycles. The molecule has 0 radical (unpaired) electrons. The zero-order valence-electron chi connectivity index (χ0n) is 20.3. The largest absolute Gasteiger partial charge is 0.496 e. The summed E-state index contributed by atoms with van der Waals surface area (Å²) in [4.78, 5) is 28.2. The molecule has 0 aliphatic heterocycles. The standard InChI is InChI=1S/C25H29N3O6S2/c1-17-22(33-2)13-19(14-23(17)34-3)25(30)28(11-7-10-18-8-5-4-6-9-18)15-21-12-20(16-35-21)24(29)27-36(26,31)32/h4-6,8-9,12-14,16H,7,10-11,15H2,1-3H3,(H,27,29)(H2,26,31,32). The fraction of sp³-hybridized carbons (Fsp3) is 0.280. The molecule has 192 valence electrons. The second kappa shape index (κ2) is 12.0. The number of rotatable bonds is 11. The summed E-state index contributed by atoms with van der Waals surface area (Å²) < 4.78 is 35.0. The van der Waals surface area contributed by atoms with Gasteiger partial charge in [0.1, 0.15) is 11.5 Å². The summed E-state index contributed by atoms with van der Waals surface area (Å²) in [6.45, 7) is 2.55. The lowest BCUT2D eigenvalue weighted by Gasteiger charge is -2.23. The molecule has 0 spiro atoms. The second-order valence-electron chi connectivity index (χ2n) is 8.10. The first-order valence-corrected chi connectivity index (χ1v) is 13.5. The number of aryl methyl sites for hydroxylation is 1. The Morgan fingerprint density at radius 1 is 1.03 bits per heavy atom. The molecule has 0 fully saturated rings. The lowest BCUT2D eigenvalue weighted by molar-refractivity contribution is 0.0742. The van der Waals surface area contributed by atoms with Gasteiger partial charge in [0.25, 0.3) is 22.0 Å². The van der Waals surface area contributed by atoms with Gasteiger partial charge in [0.2, 0.25) is 0 Å². The highest BCUT2D eigenvalue weighted by Crippen LogP contribution is 2.30. The van der Waals surface area contributed by atoms with Gasteiger partial charge in [0.15, 0.2) is 0 Å². The molecule has 1 heterocycles. The van der Waals surface area contributed by atoms with E-state index in [9.17, 15) is 18.0 Å². The normalized spacial score (nSPS) is 11.1. The van der Waals surface area contributed by atoms with Crippen LogP contribution in [-0.4, -0.2) is 45.9 Å². The van der Waals surface area contributed by atoms with Crippen LogP contribution in [0, 0.1) is 6.92 Å². The molecule has 3 N–H and O–H groups in total. The smallest absolute Gasteiger partial charge is 0.298 e. The first-order chi connectivity index (χ1) is 17.1. The first kappa shape index (κ1) is 27.2. The molecule has 36 heavy (non-hydrogen) atoms. The third-order valence-electron chi connectivity index (χ3n) is 5.52. The number of amides is 2. The Labute approximate surface area is 215 Å². The number of methoxy groups -OCH3 is 2. The van der Waals surface area contributed by atoms with E-state index in [0.717, 1.165) is 18.4 Å². The van der Waals surface area contributed by atoms with Crippen molar-refractivity contribution in [2.45, 2.75) is 26.3 Å². The fourth-order valence-corrected chi connectivity index (χ4v) is 4.98. The van der Waals surface area contributed by atoms with Crippen LogP contribution in [0.25, 0.3) is 0 Å². The molecular formula is C25H29N3O6S2. The zero-order valence-corrected chi connectivity index (χ0v) is 21.9. The molecule has 2 amide bonds. The lowest BCUT2D eigenvalue weighted by Crippen LogP contribution is -2.35. The Morgan fingerprint density at radius 3 is 2.25 bits per heavy atom. The minimum Gasteiger partial charge on any atom is -0.496 e. The highest BCUT2D eigenvalue weighted by Gasteiger charge is 2.21. The number of thiophene rings is 1. The third-order valence-corrected chi connectivity index (χ3v) is 6.91.